The molecule has 0 atom stereocenters. The number of rotatable bonds is 9. The standard InChI is InChI=1S/C14H25N3/c1-3-16-10-12-17(11-9-15-2)13-14-7-5-4-6-8-14/h4-8,15-16H,3,9-13H2,1-2H3. The number of hydrogen-bond acceptors (Lipinski definition) is 3. The van der Waals surface area contributed by atoms with Crippen LogP contribution in [0.4, 0.5) is 0 Å². The van der Waals surface area contributed by atoms with E-state index in [0.717, 1.165) is 39.3 Å². The summed E-state index contributed by atoms with van der Waals surface area (Å²) in [5.41, 5.74) is 1.39. The van der Waals surface area contributed by atoms with Gasteiger partial charge in [0.2, 0.25) is 0 Å². The topological polar surface area (TPSA) is 27.3 Å². The second-order valence-electron chi connectivity index (χ2n) is 4.22. The zero-order valence-corrected chi connectivity index (χ0v) is 11.1. The van der Waals surface area contributed by atoms with Crippen LogP contribution in [-0.2, 0) is 6.54 Å². The van der Waals surface area contributed by atoms with Gasteiger partial charge >= 0.3 is 0 Å². The average Bonchev–Trinajstić information content (AvgIpc) is 2.37. The maximum Gasteiger partial charge on any atom is 0.0234 e. The lowest BCUT2D eigenvalue weighted by molar-refractivity contribution is 0.267. The molecule has 1 aromatic rings. The van der Waals surface area contributed by atoms with Gasteiger partial charge in [0, 0.05) is 32.7 Å². The summed E-state index contributed by atoms with van der Waals surface area (Å²) < 4.78 is 0. The minimum atomic E-state index is 1.04. The predicted octanol–water partition coefficient (Wildman–Crippen LogP) is 1.32. The van der Waals surface area contributed by atoms with Crippen LogP contribution in [0.1, 0.15) is 12.5 Å². The van der Waals surface area contributed by atoms with Gasteiger partial charge in [-0.25, -0.2) is 0 Å². The lowest BCUT2D eigenvalue weighted by atomic mass is 10.2. The predicted molar refractivity (Wildman–Crippen MR) is 74.2 cm³/mol. The number of benzene rings is 1. The van der Waals surface area contributed by atoms with Crippen molar-refractivity contribution in [3.05, 3.63) is 35.9 Å². The molecule has 3 heteroatoms. The maximum atomic E-state index is 3.38. The summed E-state index contributed by atoms with van der Waals surface area (Å²) in [5.74, 6) is 0. The Kier molecular flexibility index (Phi) is 7.63. The fourth-order valence-corrected chi connectivity index (χ4v) is 1.80. The zero-order valence-electron chi connectivity index (χ0n) is 11.1. The maximum absolute atomic E-state index is 3.38. The van der Waals surface area contributed by atoms with Crippen molar-refractivity contribution in [2.45, 2.75) is 13.5 Å². The molecule has 0 aliphatic rings. The molecule has 2 N–H and O–H groups in total. The lowest BCUT2D eigenvalue weighted by Gasteiger charge is -2.22. The summed E-state index contributed by atoms with van der Waals surface area (Å²) in [5, 5.41) is 6.59. The van der Waals surface area contributed by atoms with Gasteiger partial charge in [-0.1, -0.05) is 37.3 Å². The van der Waals surface area contributed by atoms with Crippen molar-refractivity contribution in [3.8, 4) is 0 Å². The summed E-state index contributed by atoms with van der Waals surface area (Å²) in [6.45, 7) is 8.53. The van der Waals surface area contributed by atoms with Gasteiger partial charge in [-0.05, 0) is 19.2 Å². The molecule has 0 bridgehead atoms. The van der Waals surface area contributed by atoms with Crippen LogP contribution in [0.15, 0.2) is 30.3 Å². The first-order valence-electron chi connectivity index (χ1n) is 6.48. The Morgan fingerprint density at radius 2 is 1.76 bits per heavy atom. The van der Waals surface area contributed by atoms with E-state index in [-0.39, 0.29) is 0 Å². The molecule has 0 aliphatic heterocycles. The molecule has 0 amide bonds. The molecule has 0 fully saturated rings. The van der Waals surface area contributed by atoms with E-state index in [2.05, 4.69) is 52.8 Å². The van der Waals surface area contributed by atoms with Crippen LogP contribution in [0.5, 0.6) is 0 Å². The van der Waals surface area contributed by atoms with Crippen LogP contribution in [0.25, 0.3) is 0 Å². The van der Waals surface area contributed by atoms with Gasteiger partial charge in [0.05, 0.1) is 0 Å². The van der Waals surface area contributed by atoms with E-state index in [9.17, 15) is 0 Å². The highest BCUT2D eigenvalue weighted by atomic mass is 15.1. The number of likely N-dealkylation sites (N-methyl/N-ethyl adjacent to an activating group) is 2. The molecule has 17 heavy (non-hydrogen) atoms. The third kappa shape index (κ3) is 6.41. The van der Waals surface area contributed by atoms with Gasteiger partial charge in [-0.15, -0.1) is 0 Å². The van der Waals surface area contributed by atoms with Crippen LogP contribution in [0, 0.1) is 0 Å². The third-order valence-electron chi connectivity index (χ3n) is 2.78. The Labute approximate surface area is 105 Å². The van der Waals surface area contributed by atoms with E-state index in [1.165, 1.54) is 5.56 Å². The van der Waals surface area contributed by atoms with Crippen LogP contribution in [0.3, 0.4) is 0 Å². The fourth-order valence-electron chi connectivity index (χ4n) is 1.80. The SMILES string of the molecule is CCNCCN(CCNC)Cc1ccccc1. The highest BCUT2D eigenvalue weighted by Gasteiger charge is 2.04. The van der Waals surface area contributed by atoms with Crippen molar-refractivity contribution in [2.24, 2.45) is 0 Å². The summed E-state index contributed by atoms with van der Waals surface area (Å²) in [7, 11) is 2.00. The first-order valence-corrected chi connectivity index (χ1v) is 6.48. The minimum absolute atomic E-state index is 1.04. The largest absolute Gasteiger partial charge is 0.318 e. The quantitative estimate of drug-likeness (QED) is 0.632. The first kappa shape index (κ1) is 14.2. The molecule has 0 unspecified atom stereocenters. The van der Waals surface area contributed by atoms with E-state index in [0.29, 0.717) is 0 Å². The van der Waals surface area contributed by atoms with Gasteiger partial charge in [-0.3, -0.25) is 4.90 Å². The number of hydrogen-bond donors (Lipinski definition) is 2. The summed E-state index contributed by atoms with van der Waals surface area (Å²) in [4.78, 5) is 2.48. The van der Waals surface area contributed by atoms with Crippen molar-refractivity contribution in [1.29, 1.82) is 0 Å². The average molecular weight is 235 g/mol. The molecule has 0 saturated carbocycles. The molecular weight excluding hydrogens is 210 g/mol. The Morgan fingerprint density at radius 1 is 1.06 bits per heavy atom. The highest BCUT2D eigenvalue weighted by Crippen LogP contribution is 2.03. The van der Waals surface area contributed by atoms with E-state index < -0.39 is 0 Å². The van der Waals surface area contributed by atoms with Crippen molar-refractivity contribution < 1.29 is 0 Å². The first-order chi connectivity index (χ1) is 8.36. The molecule has 1 rings (SSSR count). The number of nitrogens with zero attached hydrogens (tertiary/aromatic N) is 1. The van der Waals surface area contributed by atoms with Gasteiger partial charge < -0.3 is 10.6 Å². The second kappa shape index (κ2) is 9.16. The molecule has 0 radical (unpaired) electrons. The van der Waals surface area contributed by atoms with Crippen molar-refractivity contribution in [1.82, 2.24) is 15.5 Å². The summed E-state index contributed by atoms with van der Waals surface area (Å²) >= 11 is 0. The smallest absolute Gasteiger partial charge is 0.0234 e. The second-order valence-corrected chi connectivity index (χ2v) is 4.22. The molecule has 3 nitrogen and oxygen atoms in total. The Balaban J connectivity index is 2.39. The highest BCUT2D eigenvalue weighted by molar-refractivity contribution is 5.14. The van der Waals surface area contributed by atoms with E-state index in [1.54, 1.807) is 0 Å². The van der Waals surface area contributed by atoms with Gasteiger partial charge in [0.1, 0.15) is 0 Å². The van der Waals surface area contributed by atoms with E-state index in [4.69, 9.17) is 0 Å². The molecule has 96 valence electrons. The molecule has 0 aromatic heterocycles. The van der Waals surface area contributed by atoms with E-state index >= 15 is 0 Å². The summed E-state index contributed by atoms with van der Waals surface area (Å²) in [6, 6.07) is 10.7. The van der Waals surface area contributed by atoms with Crippen LogP contribution >= 0.6 is 0 Å². The third-order valence-corrected chi connectivity index (χ3v) is 2.78. The normalized spacial score (nSPS) is 11.0. The van der Waals surface area contributed by atoms with Gasteiger partial charge in [-0.2, -0.15) is 0 Å². The van der Waals surface area contributed by atoms with Gasteiger partial charge in [0.25, 0.3) is 0 Å². The molecule has 0 spiro atoms. The molecule has 0 heterocycles. The minimum Gasteiger partial charge on any atom is -0.318 e. The Hall–Kier alpha value is -0.900. The van der Waals surface area contributed by atoms with Crippen LogP contribution < -0.4 is 10.6 Å². The monoisotopic (exact) mass is 235 g/mol. The molecule has 0 saturated heterocycles. The number of nitrogens with one attached hydrogen (secondary N) is 2. The Bertz CT molecular complexity index is 274. The van der Waals surface area contributed by atoms with Crippen LogP contribution in [-0.4, -0.2) is 44.7 Å². The summed E-state index contributed by atoms with van der Waals surface area (Å²) in [6.07, 6.45) is 0. The van der Waals surface area contributed by atoms with E-state index in [1.807, 2.05) is 7.05 Å². The molecule has 0 aliphatic carbocycles. The Morgan fingerprint density at radius 3 is 2.41 bits per heavy atom. The zero-order chi connectivity index (χ0) is 12.3. The van der Waals surface area contributed by atoms with Crippen molar-refractivity contribution in [3.63, 3.8) is 0 Å². The van der Waals surface area contributed by atoms with Gasteiger partial charge in [0.15, 0.2) is 0 Å². The molecule has 1 aromatic carbocycles. The lowest BCUT2D eigenvalue weighted by Crippen LogP contribution is -2.35. The van der Waals surface area contributed by atoms with Crippen molar-refractivity contribution >= 4 is 0 Å². The molecular formula is C14H25N3. The van der Waals surface area contributed by atoms with Crippen LogP contribution in [0.2, 0.25) is 0 Å². The fraction of sp³-hybridized carbons (Fsp3) is 0.571. The van der Waals surface area contributed by atoms with Crippen molar-refractivity contribution in [2.75, 3.05) is 39.8 Å².